The molecule has 8 nitrogen and oxygen atoms in total. The predicted octanol–water partition coefficient (Wildman–Crippen LogP) is 4.60. The molecule has 1 N–H and O–H groups in total. The first-order chi connectivity index (χ1) is 14.3. The van der Waals surface area contributed by atoms with E-state index in [-0.39, 0.29) is 11.5 Å². The molecule has 1 heterocycles. The van der Waals surface area contributed by atoms with Crippen LogP contribution in [-0.4, -0.2) is 27.9 Å². The van der Waals surface area contributed by atoms with Crippen molar-refractivity contribution in [2.75, 3.05) is 0 Å². The Hall–Kier alpha value is -4.20. The number of carbonyl (C=O) groups excluding carboxylic acids is 1. The van der Waals surface area contributed by atoms with Gasteiger partial charge in [-0.3, -0.25) is 14.9 Å². The van der Waals surface area contributed by atoms with Gasteiger partial charge in [0, 0.05) is 23.3 Å². The number of carbonyl (C=O) groups is 2. The fraction of sp³-hybridized carbons (Fsp3) is 0.0909. The molecule has 152 valence electrons. The van der Waals surface area contributed by atoms with Crippen molar-refractivity contribution < 1.29 is 28.8 Å². The quantitative estimate of drug-likeness (QED) is 0.251. The standard InChI is InChI=1S/C22H17NO7/c1-14(22(25)26)29-18-7-5-15(6-8-18)20(24)11-9-19-10-12-21(30-19)16-3-2-4-17(13-16)23(27)28/h2-14H,1H3,(H,25,26)/b11-9+. The van der Waals surface area contributed by atoms with Crippen LogP contribution in [0.5, 0.6) is 5.75 Å². The highest BCUT2D eigenvalue weighted by Gasteiger charge is 2.13. The van der Waals surface area contributed by atoms with E-state index in [0.717, 1.165) is 0 Å². The van der Waals surface area contributed by atoms with E-state index in [9.17, 15) is 19.7 Å². The van der Waals surface area contributed by atoms with Gasteiger partial charge in [-0.05, 0) is 55.5 Å². The summed E-state index contributed by atoms with van der Waals surface area (Å²) in [6.45, 7) is 1.41. The number of non-ortho nitro benzene ring substituents is 1. The van der Waals surface area contributed by atoms with Crippen molar-refractivity contribution in [3.63, 3.8) is 0 Å². The molecular weight excluding hydrogens is 390 g/mol. The lowest BCUT2D eigenvalue weighted by Crippen LogP contribution is -2.22. The summed E-state index contributed by atoms with van der Waals surface area (Å²) in [7, 11) is 0. The molecule has 8 heteroatoms. The van der Waals surface area contributed by atoms with E-state index in [1.165, 1.54) is 55.5 Å². The first kappa shape index (κ1) is 20.5. The summed E-state index contributed by atoms with van der Waals surface area (Å²) in [5.41, 5.74) is 0.912. The van der Waals surface area contributed by atoms with Crippen molar-refractivity contribution >= 4 is 23.5 Å². The SMILES string of the molecule is CC(Oc1ccc(C(=O)/C=C/c2ccc(-c3cccc([N+](=O)[O-])c3)o2)cc1)C(=O)O. The molecule has 1 aromatic heterocycles. The highest BCUT2D eigenvalue weighted by atomic mass is 16.6. The summed E-state index contributed by atoms with van der Waals surface area (Å²) in [6.07, 6.45) is 1.84. The molecule has 0 fully saturated rings. The molecule has 3 aromatic rings. The van der Waals surface area contributed by atoms with Gasteiger partial charge in [-0.2, -0.15) is 0 Å². The van der Waals surface area contributed by atoms with Crippen LogP contribution in [0, 0.1) is 10.1 Å². The van der Waals surface area contributed by atoms with Gasteiger partial charge in [-0.15, -0.1) is 0 Å². The Morgan fingerprint density at radius 1 is 1.13 bits per heavy atom. The van der Waals surface area contributed by atoms with Crippen LogP contribution in [0.3, 0.4) is 0 Å². The molecule has 0 aliphatic rings. The molecule has 0 aliphatic heterocycles. The predicted molar refractivity (Wildman–Crippen MR) is 108 cm³/mol. The van der Waals surface area contributed by atoms with Gasteiger partial charge in [0.15, 0.2) is 11.9 Å². The number of carboxylic acids is 1. The summed E-state index contributed by atoms with van der Waals surface area (Å²) in [5.74, 6) is -0.153. The first-order valence-electron chi connectivity index (χ1n) is 8.90. The molecule has 0 aliphatic carbocycles. The second-order valence-corrected chi connectivity index (χ2v) is 6.33. The van der Waals surface area contributed by atoms with Crippen molar-refractivity contribution in [3.05, 3.63) is 88.2 Å². The number of aliphatic carboxylic acids is 1. The summed E-state index contributed by atoms with van der Waals surface area (Å²) >= 11 is 0. The van der Waals surface area contributed by atoms with E-state index in [1.54, 1.807) is 24.3 Å². The van der Waals surface area contributed by atoms with Gasteiger partial charge in [-0.25, -0.2) is 4.79 Å². The fourth-order valence-electron chi connectivity index (χ4n) is 2.58. The summed E-state index contributed by atoms with van der Waals surface area (Å²) in [6, 6.07) is 15.5. The monoisotopic (exact) mass is 407 g/mol. The average molecular weight is 407 g/mol. The molecule has 3 rings (SSSR count). The van der Waals surface area contributed by atoms with Crippen molar-refractivity contribution in [1.82, 2.24) is 0 Å². The third-order valence-corrected chi connectivity index (χ3v) is 4.17. The normalized spacial score (nSPS) is 11.9. The molecule has 0 saturated heterocycles. The number of hydrogen-bond donors (Lipinski definition) is 1. The molecule has 1 unspecified atom stereocenters. The smallest absolute Gasteiger partial charge is 0.344 e. The molecular formula is C22H17NO7. The maximum atomic E-state index is 12.3. The number of allylic oxidation sites excluding steroid dienone is 1. The highest BCUT2D eigenvalue weighted by Crippen LogP contribution is 2.26. The topological polar surface area (TPSA) is 120 Å². The molecule has 0 bridgehead atoms. The fourth-order valence-corrected chi connectivity index (χ4v) is 2.58. The Morgan fingerprint density at radius 2 is 1.87 bits per heavy atom. The van der Waals surface area contributed by atoms with Crippen LogP contribution in [-0.2, 0) is 4.79 Å². The number of nitrogens with zero attached hydrogens (tertiary/aromatic N) is 1. The van der Waals surface area contributed by atoms with Crippen molar-refractivity contribution in [2.24, 2.45) is 0 Å². The molecule has 2 aromatic carbocycles. The number of nitro groups is 1. The number of ether oxygens (including phenoxy) is 1. The minimum absolute atomic E-state index is 0.0404. The number of carboxylic acid groups (broad SMARTS) is 1. The molecule has 0 radical (unpaired) electrons. The second kappa shape index (κ2) is 8.87. The van der Waals surface area contributed by atoms with Gasteiger partial charge in [0.25, 0.3) is 5.69 Å². The number of furan rings is 1. The van der Waals surface area contributed by atoms with E-state index in [2.05, 4.69) is 0 Å². The van der Waals surface area contributed by atoms with Gasteiger partial charge >= 0.3 is 5.97 Å². The Balaban J connectivity index is 1.68. The Labute approximate surface area is 171 Å². The van der Waals surface area contributed by atoms with Crippen LogP contribution in [0.25, 0.3) is 17.4 Å². The third-order valence-electron chi connectivity index (χ3n) is 4.17. The van der Waals surface area contributed by atoms with Gasteiger partial charge in [0.2, 0.25) is 0 Å². The molecule has 1 atom stereocenters. The lowest BCUT2D eigenvalue weighted by Gasteiger charge is -2.10. The molecule has 30 heavy (non-hydrogen) atoms. The van der Waals surface area contributed by atoms with Gasteiger partial charge < -0.3 is 14.3 Å². The number of rotatable bonds is 8. The van der Waals surface area contributed by atoms with E-state index < -0.39 is 17.0 Å². The van der Waals surface area contributed by atoms with Gasteiger partial charge in [-0.1, -0.05) is 12.1 Å². The number of benzene rings is 2. The Kier molecular flexibility index (Phi) is 6.07. The maximum absolute atomic E-state index is 12.3. The molecule has 0 amide bonds. The zero-order valence-corrected chi connectivity index (χ0v) is 15.8. The lowest BCUT2D eigenvalue weighted by atomic mass is 10.1. The van der Waals surface area contributed by atoms with Gasteiger partial charge in [0.1, 0.15) is 17.3 Å². The van der Waals surface area contributed by atoms with Crippen LogP contribution in [0.15, 0.2) is 71.2 Å². The number of hydrogen-bond acceptors (Lipinski definition) is 6. The van der Waals surface area contributed by atoms with Crippen LogP contribution >= 0.6 is 0 Å². The molecule has 0 spiro atoms. The maximum Gasteiger partial charge on any atom is 0.344 e. The van der Waals surface area contributed by atoms with Crippen molar-refractivity contribution in [1.29, 1.82) is 0 Å². The largest absolute Gasteiger partial charge is 0.479 e. The number of ketones is 1. The summed E-state index contributed by atoms with van der Waals surface area (Å²) in [4.78, 5) is 33.5. The van der Waals surface area contributed by atoms with Crippen LogP contribution in [0.4, 0.5) is 5.69 Å². The third kappa shape index (κ3) is 4.99. The van der Waals surface area contributed by atoms with Crippen LogP contribution in [0.1, 0.15) is 23.0 Å². The van der Waals surface area contributed by atoms with Crippen LogP contribution in [0.2, 0.25) is 0 Å². The minimum atomic E-state index is -1.08. The Morgan fingerprint density at radius 3 is 2.53 bits per heavy atom. The van der Waals surface area contributed by atoms with E-state index in [4.69, 9.17) is 14.3 Å². The minimum Gasteiger partial charge on any atom is -0.479 e. The second-order valence-electron chi connectivity index (χ2n) is 6.33. The number of nitro benzene ring substituents is 1. The van der Waals surface area contributed by atoms with Crippen LogP contribution < -0.4 is 4.74 Å². The average Bonchev–Trinajstić information content (AvgIpc) is 3.21. The summed E-state index contributed by atoms with van der Waals surface area (Å²) < 4.78 is 10.9. The van der Waals surface area contributed by atoms with Crippen molar-refractivity contribution in [2.45, 2.75) is 13.0 Å². The van der Waals surface area contributed by atoms with E-state index >= 15 is 0 Å². The zero-order chi connectivity index (χ0) is 21.7. The zero-order valence-electron chi connectivity index (χ0n) is 15.8. The summed E-state index contributed by atoms with van der Waals surface area (Å²) in [5, 5.41) is 19.7. The first-order valence-corrected chi connectivity index (χ1v) is 8.90. The van der Waals surface area contributed by atoms with Gasteiger partial charge in [0.05, 0.1) is 4.92 Å². The lowest BCUT2D eigenvalue weighted by molar-refractivity contribution is -0.384. The van der Waals surface area contributed by atoms with Crippen molar-refractivity contribution in [3.8, 4) is 17.1 Å². The highest BCUT2D eigenvalue weighted by molar-refractivity contribution is 6.06. The van der Waals surface area contributed by atoms with E-state index in [0.29, 0.717) is 28.4 Å². The van der Waals surface area contributed by atoms with E-state index in [1.807, 2.05) is 0 Å². The molecule has 0 saturated carbocycles. The Bertz CT molecular complexity index is 1110.